The number of hydrogen-bond donors (Lipinski definition) is 1. The largest absolute Gasteiger partial charge is 0.493 e. The first-order valence-corrected chi connectivity index (χ1v) is 9.13. The van der Waals surface area contributed by atoms with Crippen LogP contribution in [0.2, 0.25) is 0 Å². The maximum atomic E-state index is 12.4. The van der Waals surface area contributed by atoms with Gasteiger partial charge in [-0.3, -0.25) is 9.59 Å². The van der Waals surface area contributed by atoms with Crippen LogP contribution in [-0.4, -0.2) is 32.2 Å². The zero-order chi connectivity index (χ0) is 20.7. The summed E-state index contributed by atoms with van der Waals surface area (Å²) in [5, 5.41) is 2.84. The molecule has 0 unspecified atom stereocenters. The molecule has 0 aliphatic carbocycles. The van der Waals surface area contributed by atoms with Gasteiger partial charge in [0.25, 0.3) is 5.91 Å². The van der Waals surface area contributed by atoms with Gasteiger partial charge in [-0.25, -0.2) is 0 Å². The van der Waals surface area contributed by atoms with Gasteiger partial charge < -0.3 is 19.5 Å². The molecule has 0 spiro atoms. The van der Waals surface area contributed by atoms with Crippen LogP contribution in [0.5, 0.6) is 11.5 Å². The Balaban J connectivity index is 1.93. The summed E-state index contributed by atoms with van der Waals surface area (Å²) in [5.74, 6) is 0.395. The number of carbonyl (C=O) groups is 2. The lowest BCUT2D eigenvalue weighted by Gasteiger charge is -2.16. The van der Waals surface area contributed by atoms with Gasteiger partial charge in [0.15, 0.2) is 17.6 Å². The Morgan fingerprint density at radius 1 is 1.00 bits per heavy atom. The van der Waals surface area contributed by atoms with E-state index in [9.17, 15) is 9.59 Å². The van der Waals surface area contributed by atoms with Crippen LogP contribution in [0.1, 0.15) is 30.0 Å². The Bertz CT molecular complexity index is 827. The van der Waals surface area contributed by atoms with E-state index >= 15 is 0 Å². The quantitative estimate of drug-likeness (QED) is 0.699. The van der Waals surface area contributed by atoms with E-state index in [1.807, 2.05) is 44.2 Å². The average Bonchev–Trinajstić information content (AvgIpc) is 2.68. The first-order valence-electron chi connectivity index (χ1n) is 9.13. The maximum Gasteiger partial charge on any atom is 0.306 e. The summed E-state index contributed by atoms with van der Waals surface area (Å²) < 4.78 is 15.9. The number of anilines is 1. The number of rotatable bonds is 8. The monoisotopic (exact) mass is 385 g/mol. The van der Waals surface area contributed by atoms with E-state index in [0.29, 0.717) is 17.9 Å². The fourth-order valence-corrected chi connectivity index (χ4v) is 2.93. The minimum atomic E-state index is -0.890. The molecule has 0 aromatic heterocycles. The Labute approximate surface area is 165 Å². The van der Waals surface area contributed by atoms with Crippen molar-refractivity contribution in [2.45, 2.75) is 39.7 Å². The molecular formula is C22H27NO5. The van der Waals surface area contributed by atoms with Crippen molar-refractivity contribution in [3.05, 3.63) is 53.1 Å². The fraction of sp³-hybridized carbons (Fsp3) is 0.364. The predicted octanol–water partition coefficient (Wildman–Crippen LogP) is 3.82. The van der Waals surface area contributed by atoms with Crippen molar-refractivity contribution in [2.24, 2.45) is 0 Å². The van der Waals surface area contributed by atoms with E-state index in [4.69, 9.17) is 14.2 Å². The molecule has 0 bridgehead atoms. The normalized spacial score (nSPS) is 11.5. The molecule has 6 nitrogen and oxygen atoms in total. The molecule has 0 fully saturated rings. The summed E-state index contributed by atoms with van der Waals surface area (Å²) >= 11 is 0. The number of carbonyl (C=O) groups excluding carboxylic acids is 2. The first-order chi connectivity index (χ1) is 13.4. The van der Waals surface area contributed by atoms with Crippen LogP contribution < -0.4 is 14.8 Å². The van der Waals surface area contributed by atoms with Crippen LogP contribution in [0, 0.1) is 13.8 Å². The molecule has 0 heterocycles. The number of methoxy groups -OCH3 is 2. The topological polar surface area (TPSA) is 73.9 Å². The van der Waals surface area contributed by atoms with Crippen LogP contribution in [0.4, 0.5) is 5.69 Å². The predicted molar refractivity (Wildman–Crippen MR) is 108 cm³/mol. The lowest BCUT2D eigenvalue weighted by molar-refractivity contribution is -0.153. The molecule has 0 saturated heterocycles. The molecule has 28 heavy (non-hydrogen) atoms. The minimum Gasteiger partial charge on any atom is -0.493 e. The Morgan fingerprint density at radius 2 is 1.64 bits per heavy atom. The van der Waals surface area contributed by atoms with Crippen LogP contribution >= 0.6 is 0 Å². The van der Waals surface area contributed by atoms with Crippen molar-refractivity contribution in [3.63, 3.8) is 0 Å². The van der Waals surface area contributed by atoms with Crippen molar-refractivity contribution >= 4 is 17.6 Å². The molecule has 2 rings (SSSR count). The number of ether oxygens (including phenoxy) is 3. The summed E-state index contributed by atoms with van der Waals surface area (Å²) in [7, 11) is 3.12. The smallest absolute Gasteiger partial charge is 0.306 e. The maximum absolute atomic E-state index is 12.4. The highest BCUT2D eigenvalue weighted by molar-refractivity contribution is 5.96. The molecular weight excluding hydrogens is 358 g/mol. The highest BCUT2D eigenvalue weighted by Crippen LogP contribution is 2.31. The molecule has 6 heteroatoms. The van der Waals surface area contributed by atoms with Crippen molar-refractivity contribution < 1.29 is 23.8 Å². The molecule has 0 saturated carbocycles. The number of para-hydroxylation sites is 2. The number of nitrogens with one attached hydrogen (secondary N) is 1. The number of amides is 1. The second-order valence-electron chi connectivity index (χ2n) is 6.54. The first kappa shape index (κ1) is 21.3. The van der Waals surface area contributed by atoms with Crippen molar-refractivity contribution in [1.82, 2.24) is 0 Å². The lowest BCUT2D eigenvalue weighted by Crippen LogP contribution is -2.30. The molecule has 2 aromatic rings. The SMILES string of the molecule is COc1cccc(CCC(=O)O[C@H](C)C(=O)Nc2c(C)cccc2C)c1OC. The van der Waals surface area contributed by atoms with Crippen LogP contribution in [0.3, 0.4) is 0 Å². The van der Waals surface area contributed by atoms with Crippen molar-refractivity contribution in [1.29, 1.82) is 0 Å². The van der Waals surface area contributed by atoms with E-state index in [1.165, 1.54) is 0 Å². The highest BCUT2D eigenvalue weighted by atomic mass is 16.5. The third kappa shape index (κ3) is 5.25. The van der Waals surface area contributed by atoms with Gasteiger partial charge >= 0.3 is 5.97 Å². The Hall–Kier alpha value is -3.02. The third-order valence-corrected chi connectivity index (χ3v) is 4.49. The molecule has 2 aromatic carbocycles. The van der Waals surface area contributed by atoms with Gasteiger partial charge in [-0.1, -0.05) is 30.3 Å². The zero-order valence-corrected chi connectivity index (χ0v) is 17.0. The standard InChI is InChI=1S/C22H27NO5/c1-14-8-6-9-15(2)20(14)23-22(25)16(3)28-19(24)13-12-17-10-7-11-18(26-4)21(17)27-5/h6-11,16H,12-13H2,1-5H3,(H,23,25)/t16-/m1/s1. The number of benzene rings is 2. The van der Waals surface area contributed by atoms with E-state index in [1.54, 1.807) is 27.2 Å². The minimum absolute atomic E-state index is 0.130. The van der Waals surface area contributed by atoms with E-state index in [2.05, 4.69) is 5.32 Å². The Kier molecular flexibility index (Phi) is 7.44. The van der Waals surface area contributed by atoms with Gasteiger partial charge in [-0.2, -0.15) is 0 Å². The highest BCUT2D eigenvalue weighted by Gasteiger charge is 2.20. The molecule has 0 radical (unpaired) electrons. The Morgan fingerprint density at radius 3 is 2.25 bits per heavy atom. The third-order valence-electron chi connectivity index (χ3n) is 4.49. The summed E-state index contributed by atoms with van der Waals surface area (Å²) in [6, 6.07) is 11.3. The van der Waals surface area contributed by atoms with Crippen molar-refractivity contribution in [3.8, 4) is 11.5 Å². The van der Waals surface area contributed by atoms with Gasteiger partial charge in [0.05, 0.1) is 14.2 Å². The van der Waals surface area contributed by atoms with E-state index in [0.717, 1.165) is 22.4 Å². The second kappa shape index (κ2) is 9.78. The van der Waals surface area contributed by atoms with E-state index in [-0.39, 0.29) is 12.3 Å². The van der Waals surface area contributed by atoms with Gasteiger partial charge in [-0.15, -0.1) is 0 Å². The fourth-order valence-electron chi connectivity index (χ4n) is 2.93. The lowest BCUT2D eigenvalue weighted by atomic mass is 10.1. The average molecular weight is 385 g/mol. The van der Waals surface area contributed by atoms with Gasteiger partial charge in [0.1, 0.15) is 0 Å². The van der Waals surface area contributed by atoms with E-state index < -0.39 is 12.1 Å². The van der Waals surface area contributed by atoms with Gasteiger partial charge in [0.2, 0.25) is 0 Å². The molecule has 0 aliphatic heterocycles. The molecule has 1 N–H and O–H groups in total. The number of hydrogen-bond acceptors (Lipinski definition) is 5. The van der Waals surface area contributed by atoms with Gasteiger partial charge in [0, 0.05) is 12.1 Å². The second-order valence-corrected chi connectivity index (χ2v) is 6.54. The van der Waals surface area contributed by atoms with Crippen molar-refractivity contribution in [2.75, 3.05) is 19.5 Å². The summed E-state index contributed by atoms with van der Waals surface area (Å²) in [6.07, 6.45) is -0.339. The van der Waals surface area contributed by atoms with Crippen LogP contribution in [0.15, 0.2) is 36.4 Å². The van der Waals surface area contributed by atoms with Crippen LogP contribution in [-0.2, 0) is 20.7 Å². The summed E-state index contributed by atoms with van der Waals surface area (Å²) in [4.78, 5) is 24.6. The molecule has 150 valence electrons. The number of aryl methyl sites for hydroxylation is 3. The number of esters is 1. The zero-order valence-electron chi connectivity index (χ0n) is 17.0. The summed E-state index contributed by atoms with van der Waals surface area (Å²) in [6.45, 7) is 5.40. The van der Waals surface area contributed by atoms with Crippen LogP contribution in [0.25, 0.3) is 0 Å². The summed E-state index contributed by atoms with van der Waals surface area (Å²) in [5.41, 5.74) is 3.50. The molecule has 1 atom stereocenters. The molecule has 0 aliphatic rings. The van der Waals surface area contributed by atoms with Gasteiger partial charge in [-0.05, 0) is 49.9 Å². The molecule has 1 amide bonds.